The number of hydrogen-bond acceptors (Lipinski definition) is 1. The van der Waals surface area contributed by atoms with E-state index >= 15 is 0 Å². The summed E-state index contributed by atoms with van der Waals surface area (Å²) in [6.45, 7) is 3.02. The van der Waals surface area contributed by atoms with Gasteiger partial charge in [-0.2, -0.15) is 0 Å². The Morgan fingerprint density at radius 2 is 2.29 bits per heavy atom. The molecule has 1 heteroatoms. The number of rotatable bonds is 2. The Hall–Kier alpha value is -0.820. The van der Waals surface area contributed by atoms with Gasteiger partial charge in [0.25, 0.3) is 0 Å². The molecule has 1 aliphatic rings. The highest BCUT2D eigenvalue weighted by Gasteiger charge is 2.18. The minimum absolute atomic E-state index is 0.616. The number of aryl methyl sites for hydroxylation is 2. The zero-order chi connectivity index (χ0) is 9.97. The van der Waals surface area contributed by atoms with Crippen LogP contribution in [-0.2, 0) is 12.8 Å². The van der Waals surface area contributed by atoms with Crippen LogP contribution in [0.1, 0.15) is 42.4 Å². The zero-order valence-corrected chi connectivity index (χ0v) is 8.92. The minimum Gasteiger partial charge on any atom is -0.330 e. The average Bonchev–Trinajstić information content (AvgIpc) is 2.27. The largest absolute Gasteiger partial charge is 0.330 e. The first-order valence-corrected chi connectivity index (χ1v) is 5.67. The highest BCUT2D eigenvalue weighted by atomic mass is 14.6. The van der Waals surface area contributed by atoms with Crippen molar-refractivity contribution in [1.82, 2.24) is 0 Å². The summed E-state index contributed by atoms with van der Waals surface area (Å²) in [6.07, 6.45) is 4.96. The molecule has 0 fully saturated rings. The van der Waals surface area contributed by atoms with Gasteiger partial charge < -0.3 is 5.73 Å². The van der Waals surface area contributed by atoms with E-state index in [9.17, 15) is 0 Å². The summed E-state index contributed by atoms with van der Waals surface area (Å²) < 4.78 is 0. The summed E-state index contributed by atoms with van der Waals surface area (Å²) in [5, 5.41) is 0. The highest BCUT2D eigenvalue weighted by Crippen LogP contribution is 2.31. The van der Waals surface area contributed by atoms with E-state index in [0.29, 0.717) is 5.92 Å². The second kappa shape index (κ2) is 4.14. The third kappa shape index (κ3) is 1.69. The molecule has 0 radical (unpaired) electrons. The van der Waals surface area contributed by atoms with E-state index in [4.69, 9.17) is 5.73 Å². The summed E-state index contributed by atoms with van der Waals surface area (Å²) in [4.78, 5) is 0. The second-order valence-electron chi connectivity index (χ2n) is 4.21. The van der Waals surface area contributed by atoms with Crippen molar-refractivity contribution in [2.45, 2.75) is 38.5 Å². The number of fused-ring (bicyclic) bond motifs is 1. The standard InChI is InChI=1S/C13H19N/c1-2-10-6-7-11-4-3-5-12(9-14)13(11)8-10/h6-8,12H,2-5,9,14H2,1H3. The maximum Gasteiger partial charge on any atom is -0.000813 e. The molecule has 0 heterocycles. The number of hydrogen-bond donors (Lipinski definition) is 1. The Labute approximate surface area is 86.3 Å². The van der Waals surface area contributed by atoms with Crippen molar-refractivity contribution in [3.05, 3.63) is 34.9 Å². The molecule has 0 saturated carbocycles. The van der Waals surface area contributed by atoms with Crippen molar-refractivity contribution >= 4 is 0 Å². The lowest BCUT2D eigenvalue weighted by molar-refractivity contribution is 0.560. The lowest BCUT2D eigenvalue weighted by atomic mass is 9.82. The van der Waals surface area contributed by atoms with E-state index in [0.717, 1.165) is 13.0 Å². The lowest BCUT2D eigenvalue weighted by Gasteiger charge is -2.24. The van der Waals surface area contributed by atoms with Crippen molar-refractivity contribution in [3.63, 3.8) is 0 Å². The smallest absolute Gasteiger partial charge is 0.000813 e. The van der Waals surface area contributed by atoms with E-state index in [-0.39, 0.29) is 0 Å². The molecule has 0 amide bonds. The van der Waals surface area contributed by atoms with Crippen molar-refractivity contribution in [2.75, 3.05) is 6.54 Å². The molecule has 0 aromatic heterocycles. The predicted molar refractivity (Wildman–Crippen MR) is 60.6 cm³/mol. The fourth-order valence-corrected chi connectivity index (χ4v) is 2.41. The van der Waals surface area contributed by atoms with Crippen LogP contribution >= 0.6 is 0 Å². The fourth-order valence-electron chi connectivity index (χ4n) is 2.41. The van der Waals surface area contributed by atoms with Gasteiger partial charge in [-0.05, 0) is 54.8 Å². The van der Waals surface area contributed by atoms with Gasteiger partial charge in [0, 0.05) is 0 Å². The van der Waals surface area contributed by atoms with Gasteiger partial charge >= 0.3 is 0 Å². The van der Waals surface area contributed by atoms with Gasteiger partial charge in [0.15, 0.2) is 0 Å². The Morgan fingerprint density at radius 3 is 3.00 bits per heavy atom. The van der Waals surface area contributed by atoms with Crippen LogP contribution < -0.4 is 5.73 Å². The van der Waals surface area contributed by atoms with Crippen molar-refractivity contribution in [2.24, 2.45) is 5.73 Å². The van der Waals surface area contributed by atoms with Crippen molar-refractivity contribution in [1.29, 1.82) is 0 Å². The molecule has 2 N–H and O–H groups in total. The Balaban J connectivity index is 2.38. The van der Waals surface area contributed by atoms with Crippen LogP contribution in [-0.4, -0.2) is 6.54 Å². The Bertz CT molecular complexity index is 317. The van der Waals surface area contributed by atoms with E-state index in [1.807, 2.05) is 0 Å². The first-order chi connectivity index (χ1) is 6.85. The van der Waals surface area contributed by atoms with Crippen LogP contribution in [0.25, 0.3) is 0 Å². The van der Waals surface area contributed by atoms with Crippen LogP contribution in [0.15, 0.2) is 18.2 Å². The van der Waals surface area contributed by atoms with E-state index in [1.54, 1.807) is 0 Å². The van der Waals surface area contributed by atoms with Crippen molar-refractivity contribution in [3.8, 4) is 0 Å². The summed E-state index contributed by atoms with van der Waals surface area (Å²) in [5.41, 5.74) is 10.3. The number of benzene rings is 1. The summed E-state index contributed by atoms with van der Waals surface area (Å²) in [7, 11) is 0. The molecule has 0 bridgehead atoms. The SMILES string of the molecule is CCc1ccc2c(c1)C(CN)CCC2. The zero-order valence-electron chi connectivity index (χ0n) is 8.92. The normalized spacial score (nSPS) is 20.6. The quantitative estimate of drug-likeness (QED) is 0.760. The predicted octanol–water partition coefficient (Wildman–Crippen LogP) is 2.63. The Morgan fingerprint density at radius 1 is 1.43 bits per heavy atom. The van der Waals surface area contributed by atoms with E-state index in [2.05, 4.69) is 25.1 Å². The molecule has 14 heavy (non-hydrogen) atoms. The molecule has 0 aliphatic heterocycles. The average molecular weight is 189 g/mol. The van der Waals surface area contributed by atoms with Gasteiger partial charge in [-0.1, -0.05) is 25.1 Å². The molecule has 1 atom stereocenters. The highest BCUT2D eigenvalue weighted by molar-refractivity contribution is 5.36. The fraction of sp³-hybridized carbons (Fsp3) is 0.538. The van der Waals surface area contributed by atoms with Crippen LogP contribution in [0, 0.1) is 0 Å². The molecular weight excluding hydrogens is 170 g/mol. The van der Waals surface area contributed by atoms with E-state index in [1.165, 1.54) is 36.0 Å². The first kappa shape index (κ1) is 9.72. The van der Waals surface area contributed by atoms with Crippen LogP contribution in [0.3, 0.4) is 0 Å². The Kier molecular flexibility index (Phi) is 2.87. The molecule has 1 aliphatic carbocycles. The minimum atomic E-state index is 0.616. The molecule has 1 unspecified atom stereocenters. The lowest BCUT2D eigenvalue weighted by Crippen LogP contribution is -2.18. The molecular formula is C13H19N. The van der Waals surface area contributed by atoms with Gasteiger partial charge in [-0.3, -0.25) is 0 Å². The van der Waals surface area contributed by atoms with Crippen LogP contribution in [0.5, 0.6) is 0 Å². The third-order valence-electron chi connectivity index (χ3n) is 3.34. The molecule has 0 spiro atoms. The molecule has 1 aromatic carbocycles. The summed E-state index contributed by atoms with van der Waals surface area (Å²) in [6, 6.07) is 6.93. The second-order valence-corrected chi connectivity index (χ2v) is 4.21. The monoisotopic (exact) mass is 189 g/mol. The van der Waals surface area contributed by atoms with E-state index < -0.39 is 0 Å². The summed E-state index contributed by atoms with van der Waals surface area (Å²) in [5.74, 6) is 0.616. The van der Waals surface area contributed by atoms with Gasteiger partial charge in [0.2, 0.25) is 0 Å². The van der Waals surface area contributed by atoms with Crippen LogP contribution in [0.2, 0.25) is 0 Å². The molecule has 2 rings (SSSR count). The van der Waals surface area contributed by atoms with Gasteiger partial charge in [-0.25, -0.2) is 0 Å². The van der Waals surface area contributed by atoms with Gasteiger partial charge in [0.1, 0.15) is 0 Å². The first-order valence-electron chi connectivity index (χ1n) is 5.67. The molecule has 1 nitrogen and oxygen atoms in total. The molecule has 1 aromatic rings. The maximum absolute atomic E-state index is 5.81. The van der Waals surface area contributed by atoms with Crippen LogP contribution in [0.4, 0.5) is 0 Å². The maximum atomic E-state index is 5.81. The molecule has 0 saturated heterocycles. The van der Waals surface area contributed by atoms with Crippen molar-refractivity contribution < 1.29 is 0 Å². The topological polar surface area (TPSA) is 26.0 Å². The van der Waals surface area contributed by atoms with Gasteiger partial charge in [-0.15, -0.1) is 0 Å². The van der Waals surface area contributed by atoms with Gasteiger partial charge in [0.05, 0.1) is 0 Å². The third-order valence-corrected chi connectivity index (χ3v) is 3.34. The molecule has 76 valence electrons. The summed E-state index contributed by atoms with van der Waals surface area (Å²) >= 11 is 0. The number of nitrogens with two attached hydrogens (primary N) is 1.